The molecule has 1 N–H and O–H groups in total. The van der Waals surface area contributed by atoms with Gasteiger partial charge in [-0.1, -0.05) is 6.07 Å². The van der Waals surface area contributed by atoms with Crippen LogP contribution < -0.4 is 4.90 Å². The summed E-state index contributed by atoms with van der Waals surface area (Å²) in [6, 6.07) is 8.02. The zero-order valence-electron chi connectivity index (χ0n) is 16.2. The predicted octanol–water partition coefficient (Wildman–Crippen LogP) is 2.32. The third-order valence-electron chi connectivity index (χ3n) is 5.39. The van der Waals surface area contributed by atoms with E-state index in [2.05, 4.69) is 20.4 Å². The molecule has 1 aromatic carbocycles. The lowest BCUT2D eigenvalue weighted by Crippen LogP contribution is -2.26. The molecule has 0 spiro atoms. The summed E-state index contributed by atoms with van der Waals surface area (Å²) in [6.45, 7) is 0.293. The van der Waals surface area contributed by atoms with Crippen LogP contribution in [0.1, 0.15) is 19.3 Å². The van der Waals surface area contributed by atoms with Crippen LogP contribution in [0.3, 0.4) is 0 Å². The van der Waals surface area contributed by atoms with Gasteiger partial charge in [0.2, 0.25) is 5.82 Å². The lowest BCUT2D eigenvalue weighted by molar-refractivity contribution is 0.0705. The van der Waals surface area contributed by atoms with Gasteiger partial charge in [-0.3, -0.25) is 9.88 Å². The van der Waals surface area contributed by atoms with Crippen molar-refractivity contribution in [2.45, 2.75) is 31.0 Å². The maximum atomic E-state index is 14.8. The van der Waals surface area contributed by atoms with Gasteiger partial charge in [0.15, 0.2) is 0 Å². The molecule has 154 valence electrons. The van der Waals surface area contributed by atoms with E-state index < -0.39 is 17.5 Å². The number of halogens is 1. The van der Waals surface area contributed by atoms with E-state index >= 15 is 0 Å². The third-order valence-corrected chi connectivity index (χ3v) is 5.39. The summed E-state index contributed by atoms with van der Waals surface area (Å²) in [5.74, 6) is -0.0884. The summed E-state index contributed by atoms with van der Waals surface area (Å²) < 4.78 is 20.2. The van der Waals surface area contributed by atoms with E-state index in [0.717, 1.165) is 12.8 Å². The zero-order chi connectivity index (χ0) is 20.9. The summed E-state index contributed by atoms with van der Waals surface area (Å²) in [5, 5.41) is 21.8. The van der Waals surface area contributed by atoms with Crippen LogP contribution in [0.2, 0.25) is 0 Å². The van der Waals surface area contributed by atoms with Crippen molar-refractivity contribution >= 4 is 11.8 Å². The molecular formula is C20H19FN6O3. The molecule has 9 nitrogen and oxygen atoms in total. The first kappa shape index (κ1) is 18.6. The summed E-state index contributed by atoms with van der Waals surface area (Å²) in [5.41, 5.74) is 1.19. The molecule has 5 rings (SSSR count). The Labute approximate surface area is 171 Å². The maximum Gasteiger partial charge on any atom is 0.414 e. The first-order valence-electron chi connectivity index (χ1n) is 9.61. The first-order valence-corrected chi connectivity index (χ1v) is 9.61. The Morgan fingerprint density at radius 2 is 2.13 bits per heavy atom. The minimum absolute atomic E-state index is 0.293. The molecule has 10 heteroatoms. The molecule has 1 saturated heterocycles. The lowest BCUT2D eigenvalue weighted by Gasteiger charge is -2.15. The Hall–Kier alpha value is -3.40. The van der Waals surface area contributed by atoms with Gasteiger partial charge in [0.05, 0.1) is 24.9 Å². The number of nitrogens with zero attached hydrogens (tertiary/aromatic N) is 6. The van der Waals surface area contributed by atoms with Crippen molar-refractivity contribution in [2.24, 2.45) is 7.05 Å². The molecule has 1 saturated carbocycles. The summed E-state index contributed by atoms with van der Waals surface area (Å²) >= 11 is 0. The number of ether oxygens (including phenoxy) is 1. The molecule has 2 aliphatic rings. The number of pyridine rings is 1. The molecule has 3 aromatic rings. The highest BCUT2D eigenvalue weighted by Crippen LogP contribution is 2.41. The summed E-state index contributed by atoms with van der Waals surface area (Å²) in [4.78, 5) is 19.2. The third kappa shape index (κ3) is 3.50. The molecular weight excluding hydrogens is 391 g/mol. The fourth-order valence-corrected chi connectivity index (χ4v) is 3.59. The number of rotatable bonds is 5. The van der Waals surface area contributed by atoms with Crippen LogP contribution in [0.25, 0.3) is 22.6 Å². The number of carbonyl (C=O) groups is 1. The second-order valence-corrected chi connectivity index (χ2v) is 7.74. The number of anilines is 1. The SMILES string of the molecule is Cn1nnc(-c2ccc(-c3ccc(N4C[C@@H](CC5(O)CC5)OC4=O)cc3F)cn2)n1. The molecule has 0 unspecified atom stereocenters. The van der Waals surface area contributed by atoms with E-state index in [-0.39, 0.29) is 6.10 Å². The van der Waals surface area contributed by atoms with E-state index in [0.29, 0.717) is 41.3 Å². The molecule has 3 heterocycles. The van der Waals surface area contributed by atoms with Crippen LogP contribution in [-0.4, -0.2) is 54.6 Å². The number of aliphatic hydroxyl groups is 1. The van der Waals surface area contributed by atoms with Crippen molar-refractivity contribution in [3.05, 3.63) is 42.3 Å². The fourth-order valence-electron chi connectivity index (χ4n) is 3.59. The van der Waals surface area contributed by atoms with E-state index in [1.54, 1.807) is 37.5 Å². The molecule has 1 amide bonds. The average Bonchev–Trinajstić information content (AvgIpc) is 3.10. The van der Waals surface area contributed by atoms with Crippen LogP contribution >= 0.6 is 0 Å². The largest absolute Gasteiger partial charge is 0.444 e. The number of tetrazole rings is 1. The number of aryl methyl sites for hydroxylation is 1. The Balaban J connectivity index is 1.34. The smallest absolute Gasteiger partial charge is 0.414 e. The zero-order valence-corrected chi connectivity index (χ0v) is 16.2. The molecule has 0 bridgehead atoms. The Kier molecular flexibility index (Phi) is 4.24. The van der Waals surface area contributed by atoms with Gasteiger partial charge in [0, 0.05) is 23.7 Å². The van der Waals surface area contributed by atoms with Crippen LogP contribution in [-0.2, 0) is 11.8 Å². The Bertz CT molecular complexity index is 1110. The second kappa shape index (κ2) is 6.84. The minimum atomic E-state index is -0.712. The van der Waals surface area contributed by atoms with Gasteiger partial charge in [-0.05, 0) is 42.3 Å². The van der Waals surface area contributed by atoms with Crippen LogP contribution in [0, 0.1) is 5.82 Å². The topological polar surface area (TPSA) is 106 Å². The number of hydrogen-bond donors (Lipinski definition) is 1. The summed E-state index contributed by atoms with van der Waals surface area (Å²) in [7, 11) is 1.66. The van der Waals surface area contributed by atoms with Gasteiger partial charge in [0.25, 0.3) is 0 Å². The average molecular weight is 410 g/mol. The van der Waals surface area contributed by atoms with Crippen molar-refractivity contribution in [1.82, 2.24) is 25.2 Å². The quantitative estimate of drug-likeness (QED) is 0.688. The number of benzene rings is 1. The molecule has 30 heavy (non-hydrogen) atoms. The van der Waals surface area contributed by atoms with Gasteiger partial charge >= 0.3 is 6.09 Å². The molecule has 2 aromatic heterocycles. The van der Waals surface area contributed by atoms with Gasteiger partial charge < -0.3 is 9.84 Å². The normalized spacial score (nSPS) is 19.8. The number of amides is 1. The Morgan fingerprint density at radius 3 is 2.77 bits per heavy atom. The maximum absolute atomic E-state index is 14.8. The van der Waals surface area contributed by atoms with Crippen molar-refractivity contribution in [3.8, 4) is 22.6 Å². The fraction of sp³-hybridized carbons (Fsp3) is 0.350. The van der Waals surface area contributed by atoms with E-state index in [9.17, 15) is 14.3 Å². The van der Waals surface area contributed by atoms with Gasteiger partial charge in [-0.2, -0.15) is 4.80 Å². The second-order valence-electron chi connectivity index (χ2n) is 7.74. The van der Waals surface area contributed by atoms with Crippen molar-refractivity contribution in [1.29, 1.82) is 0 Å². The summed E-state index contributed by atoms with van der Waals surface area (Å²) in [6.07, 6.45) is 2.49. The molecule has 2 fully saturated rings. The van der Waals surface area contributed by atoms with Crippen LogP contribution in [0.15, 0.2) is 36.5 Å². The van der Waals surface area contributed by atoms with Crippen molar-refractivity contribution in [3.63, 3.8) is 0 Å². The highest BCUT2D eigenvalue weighted by molar-refractivity contribution is 5.90. The Morgan fingerprint density at radius 1 is 1.30 bits per heavy atom. The standard InChI is InChI=1S/C20H19FN6O3/c1-26-24-18(23-25-26)17-5-2-12(10-22-17)15-4-3-13(8-16(15)21)27-11-14(30-19(27)28)9-20(29)6-7-20/h2-5,8,10,14,29H,6-7,9,11H2,1H3/t14-/m1/s1. The lowest BCUT2D eigenvalue weighted by atomic mass is 10.1. The number of carbonyl (C=O) groups excluding carboxylic acids is 1. The van der Waals surface area contributed by atoms with E-state index in [1.807, 2.05) is 0 Å². The minimum Gasteiger partial charge on any atom is -0.444 e. The van der Waals surface area contributed by atoms with Gasteiger partial charge in [-0.25, -0.2) is 9.18 Å². The molecule has 0 radical (unpaired) electrons. The molecule has 1 aliphatic heterocycles. The van der Waals surface area contributed by atoms with E-state index in [1.165, 1.54) is 15.8 Å². The van der Waals surface area contributed by atoms with Crippen molar-refractivity contribution in [2.75, 3.05) is 11.4 Å². The van der Waals surface area contributed by atoms with Crippen LogP contribution in [0.5, 0.6) is 0 Å². The molecule has 1 atom stereocenters. The molecule has 1 aliphatic carbocycles. The highest BCUT2D eigenvalue weighted by Gasteiger charge is 2.46. The van der Waals surface area contributed by atoms with Crippen LogP contribution in [0.4, 0.5) is 14.9 Å². The van der Waals surface area contributed by atoms with Gasteiger partial charge in [-0.15, -0.1) is 10.2 Å². The first-order chi connectivity index (χ1) is 14.4. The highest BCUT2D eigenvalue weighted by atomic mass is 19.1. The number of cyclic esters (lactones) is 1. The predicted molar refractivity (Wildman–Crippen MR) is 104 cm³/mol. The van der Waals surface area contributed by atoms with Gasteiger partial charge in [0.1, 0.15) is 17.6 Å². The number of hydrogen-bond acceptors (Lipinski definition) is 7. The van der Waals surface area contributed by atoms with E-state index in [4.69, 9.17) is 4.74 Å². The number of aromatic nitrogens is 5. The monoisotopic (exact) mass is 410 g/mol. The van der Waals surface area contributed by atoms with Crippen molar-refractivity contribution < 1.29 is 19.0 Å².